The van der Waals surface area contributed by atoms with E-state index in [2.05, 4.69) is 13.0 Å². The normalized spacial score (nSPS) is 17.3. The first kappa shape index (κ1) is 16.6. The molecule has 0 bridgehead atoms. The van der Waals surface area contributed by atoms with E-state index in [1.54, 1.807) is 0 Å². The Morgan fingerprint density at radius 2 is 2.05 bits per heavy atom. The molecule has 0 amide bonds. The smallest absolute Gasteiger partial charge is 0.330 e. The molecule has 120 valence electrons. The van der Waals surface area contributed by atoms with E-state index in [1.165, 1.54) is 13.5 Å². The number of methoxy groups -OCH3 is 1. The maximum Gasteiger partial charge on any atom is 0.330 e. The molecule has 0 radical (unpaired) electrons. The van der Waals surface area contributed by atoms with Crippen LogP contribution in [0, 0.1) is 0 Å². The molecule has 1 N–H and O–H groups in total. The number of carbonyl (C=O) groups excluding carboxylic acids is 1. The van der Waals surface area contributed by atoms with Crippen LogP contribution in [0.25, 0.3) is 0 Å². The third kappa shape index (κ3) is 3.69. The van der Waals surface area contributed by atoms with Crippen LogP contribution in [0.3, 0.4) is 0 Å². The number of benzene rings is 1. The van der Waals surface area contributed by atoms with E-state index < -0.39 is 12.0 Å². The lowest BCUT2D eigenvalue weighted by atomic mass is 9.98. The van der Waals surface area contributed by atoms with Gasteiger partial charge in [-0.2, -0.15) is 0 Å². The summed E-state index contributed by atoms with van der Waals surface area (Å²) in [5, 5.41) is 9.75. The van der Waals surface area contributed by atoms with Crippen LogP contribution in [0.5, 0.6) is 0 Å². The van der Waals surface area contributed by atoms with Crippen molar-refractivity contribution in [2.24, 2.45) is 0 Å². The monoisotopic (exact) mass is 303 g/mol. The van der Waals surface area contributed by atoms with E-state index in [0.29, 0.717) is 0 Å². The number of nitrogens with zero attached hydrogens (tertiary/aromatic N) is 1. The first-order valence-corrected chi connectivity index (χ1v) is 7.90. The number of hydrogen-bond acceptors (Lipinski definition) is 4. The lowest BCUT2D eigenvalue weighted by Gasteiger charge is -2.39. The molecule has 0 aliphatic heterocycles. The van der Waals surface area contributed by atoms with E-state index in [0.717, 1.165) is 30.5 Å². The molecule has 22 heavy (non-hydrogen) atoms. The SMILES string of the molecule is COC(=O)[C@H](CO)N(C1=CCCCC1)[C@H](C)c1ccccc1. The van der Waals surface area contributed by atoms with E-state index >= 15 is 0 Å². The summed E-state index contributed by atoms with van der Waals surface area (Å²) >= 11 is 0. The molecule has 0 saturated carbocycles. The number of ether oxygens (including phenoxy) is 1. The fourth-order valence-electron chi connectivity index (χ4n) is 3.08. The second-order valence-electron chi connectivity index (χ2n) is 5.66. The predicted octanol–water partition coefficient (Wildman–Crippen LogP) is 3.04. The van der Waals surface area contributed by atoms with Crippen molar-refractivity contribution in [1.82, 2.24) is 4.90 Å². The molecule has 0 spiro atoms. The van der Waals surface area contributed by atoms with Crippen LogP contribution in [0.15, 0.2) is 42.1 Å². The number of aliphatic hydroxyl groups excluding tert-OH is 1. The van der Waals surface area contributed by atoms with E-state index in [4.69, 9.17) is 4.74 Å². The Hall–Kier alpha value is -1.81. The highest BCUT2D eigenvalue weighted by Gasteiger charge is 2.32. The fraction of sp³-hybridized carbons (Fsp3) is 0.500. The molecule has 4 heteroatoms. The summed E-state index contributed by atoms with van der Waals surface area (Å²) in [7, 11) is 1.37. The summed E-state index contributed by atoms with van der Waals surface area (Å²) in [6.45, 7) is 1.82. The predicted molar refractivity (Wildman–Crippen MR) is 86.1 cm³/mol. The van der Waals surface area contributed by atoms with Crippen LogP contribution in [0.4, 0.5) is 0 Å². The largest absolute Gasteiger partial charge is 0.467 e. The van der Waals surface area contributed by atoms with Gasteiger partial charge < -0.3 is 14.7 Å². The first-order valence-electron chi connectivity index (χ1n) is 7.90. The Balaban J connectivity index is 2.36. The maximum absolute atomic E-state index is 12.1. The summed E-state index contributed by atoms with van der Waals surface area (Å²) in [5.41, 5.74) is 2.25. The Kier molecular flexibility index (Phi) is 6.01. The van der Waals surface area contributed by atoms with Gasteiger partial charge in [-0.05, 0) is 38.2 Å². The van der Waals surface area contributed by atoms with Crippen molar-refractivity contribution in [3.63, 3.8) is 0 Å². The molecule has 2 rings (SSSR count). The van der Waals surface area contributed by atoms with Gasteiger partial charge >= 0.3 is 5.97 Å². The topological polar surface area (TPSA) is 49.8 Å². The highest BCUT2D eigenvalue weighted by atomic mass is 16.5. The van der Waals surface area contributed by atoms with Gasteiger partial charge in [0.15, 0.2) is 6.04 Å². The summed E-state index contributed by atoms with van der Waals surface area (Å²) in [5.74, 6) is -0.392. The molecule has 0 saturated heterocycles. The van der Waals surface area contributed by atoms with Crippen molar-refractivity contribution >= 4 is 5.97 Å². The van der Waals surface area contributed by atoms with Crippen molar-refractivity contribution in [1.29, 1.82) is 0 Å². The lowest BCUT2D eigenvalue weighted by molar-refractivity contribution is -0.148. The molecule has 0 fully saturated rings. The second kappa shape index (κ2) is 7.99. The lowest BCUT2D eigenvalue weighted by Crippen LogP contribution is -2.45. The van der Waals surface area contributed by atoms with Crippen LogP contribution in [0.2, 0.25) is 0 Å². The third-order valence-corrected chi connectivity index (χ3v) is 4.28. The molecule has 1 aliphatic carbocycles. The molecule has 1 aromatic rings. The number of carbonyl (C=O) groups is 1. The summed E-state index contributed by atoms with van der Waals surface area (Å²) in [4.78, 5) is 14.1. The van der Waals surface area contributed by atoms with Gasteiger partial charge in [-0.3, -0.25) is 0 Å². The number of rotatable bonds is 6. The minimum Gasteiger partial charge on any atom is -0.467 e. The van der Waals surface area contributed by atoms with Crippen molar-refractivity contribution in [3.8, 4) is 0 Å². The Morgan fingerprint density at radius 3 is 2.59 bits per heavy atom. The third-order valence-electron chi connectivity index (χ3n) is 4.28. The van der Waals surface area contributed by atoms with Gasteiger partial charge in [0.25, 0.3) is 0 Å². The van der Waals surface area contributed by atoms with Crippen molar-refractivity contribution in [2.75, 3.05) is 13.7 Å². The van der Waals surface area contributed by atoms with E-state index in [-0.39, 0.29) is 12.6 Å². The Labute approximate surface area is 132 Å². The van der Waals surface area contributed by atoms with Crippen LogP contribution < -0.4 is 0 Å². The zero-order chi connectivity index (χ0) is 15.9. The molecule has 0 heterocycles. The second-order valence-corrected chi connectivity index (χ2v) is 5.66. The highest BCUT2D eigenvalue weighted by Crippen LogP contribution is 2.32. The van der Waals surface area contributed by atoms with Crippen molar-refractivity contribution in [3.05, 3.63) is 47.7 Å². The molecule has 4 nitrogen and oxygen atoms in total. The van der Waals surface area contributed by atoms with Crippen molar-refractivity contribution in [2.45, 2.75) is 44.7 Å². The zero-order valence-electron chi connectivity index (χ0n) is 13.4. The van der Waals surface area contributed by atoms with Crippen molar-refractivity contribution < 1.29 is 14.6 Å². The van der Waals surface area contributed by atoms with Gasteiger partial charge in [0, 0.05) is 5.70 Å². The Morgan fingerprint density at radius 1 is 1.32 bits per heavy atom. The quantitative estimate of drug-likeness (QED) is 0.821. The van der Waals surface area contributed by atoms with Crippen LogP contribution >= 0.6 is 0 Å². The summed E-state index contributed by atoms with van der Waals surface area (Å²) < 4.78 is 4.89. The zero-order valence-corrected chi connectivity index (χ0v) is 13.4. The first-order chi connectivity index (χ1) is 10.7. The van der Waals surface area contributed by atoms with Gasteiger partial charge in [-0.1, -0.05) is 36.4 Å². The van der Waals surface area contributed by atoms with Gasteiger partial charge in [0.2, 0.25) is 0 Å². The molecule has 1 aromatic carbocycles. The van der Waals surface area contributed by atoms with Gasteiger partial charge in [0.1, 0.15) is 0 Å². The van der Waals surface area contributed by atoms with E-state index in [9.17, 15) is 9.90 Å². The van der Waals surface area contributed by atoms with E-state index in [1.807, 2.05) is 35.2 Å². The standard InChI is InChI=1S/C18H25NO3/c1-14(15-9-5-3-6-10-15)19(16-11-7-4-8-12-16)17(13-20)18(21)22-2/h3,5-6,9-11,14,17,20H,4,7-8,12-13H2,1-2H3/t14-,17+/m1/s1. The number of aliphatic hydroxyl groups is 1. The highest BCUT2D eigenvalue weighted by molar-refractivity contribution is 5.76. The minimum atomic E-state index is -0.662. The van der Waals surface area contributed by atoms with Crippen LogP contribution in [0.1, 0.15) is 44.2 Å². The molecular weight excluding hydrogens is 278 g/mol. The number of esters is 1. The maximum atomic E-state index is 12.1. The van der Waals surface area contributed by atoms with Crippen LogP contribution in [-0.4, -0.2) is 35.7 Å². The number of allylic oxidation sites excluding steroid dienone is 2. The average molecular weight is 303 g/mol. The molecule has 0 unspecified atom stereocenters. The summed E-state index contributed by atoms with van der Waals surface area (Å²) in [6, 6.07) is 9.40. The number of hydrogen-bond donors (Lipinski definition) is 1. The molecule has 1 aliphatic rings. The van der Waals surface area contributed by atoms with Gasteiger partial charge in [-0.15, -0.1) is 0 Å². The molecule has 2 atom stereocenters. The molecular formula is C18H25NO3. The average Bonchev–Trinajstić information content (AvgIpc) is 2.60. The van der Waals surface area contributed by atoms with Crippen LogP contribution in [-0.2, 0) is 9.53 Å². The van der Waals surface area contributed by atoms with Gasteiger partial charge in [-0.25, -0.2) is 4.79 Å². The minimum absolute atomic E-state index is 0.00167. The fourth-order valence-corrected chi connectivity index (χ4v) is 3.08. The van der Waals surface area contributed by atoms with Gasteiger partial charge in [0.05, 0.1) is 19.8 Å². The Bertz CT molecular complexity index is 512. The molecule has 0 aromatic heterocycles. The summed E-state index contributed by atoms with van der Waals surface area (Å²) in [6.07, 6.45) is 6.44.